The van der Waals surface area contributed by atoms with Crippen LogP contribution in [0.1, 0.15) is 31.8 Å². The van der Waals surface area contributed by atoms with Gasteiger partial charge in [-0.05, 0) is 30.3 Å². The van der Waals surface area contributed by atoms with Gasteiger partial charge in [0.1, 0.15) is 12.4 Å². The SMILES string of the molecule is NC(=O)c1ccccc1OCC#CCNC(=O)c1cc(C(F)(F)F)cc(C(F)(F)F)c1. The Hall–Kier alpha value is -3.68. The van der Waals surface area contributed by atoms with Crippen LogP contribution in [0.3, 0.4) is 0 Å². The maximum Gasteiger partial charge on any atom is 0.416 e. The van der Waals surface area contributed by atoms with Crippen molar-refractivity contribution >= 4 is 11.8 Å². The van der Waals surface area contributed by atoms with Gasteiger partial charge in [-0.2, -0.15) is 26.3 Å². The number of primary amides is 1. The molecular weight excluding hydrogens is 430 g/mol. The number of alkyl halides is 6. The second kappa shape index (κ2) is 9.42. The topological polar surface area (TPSA) is 81.4 Å². The third-order valence-electron chi connectivity index (χ3n) is 3.76. The average Bonchev–Trinajstić information content (AvgIpc) is 2.69. The molecule has 0 aliphatic rings. The van der Waals surface area contributed by atoms with Crippen molar-refractivity contribution in [3.05, 3.63) is 64.7 Å². The van der Waals surface area contributed by atoms with E-state index in [-0.39, 0.29) is 30.5 Å². The Morgan fingerprint density at radius 1 is 0.935 bits per heavy atom. The van der Waals surface area contributed by atoms with Crippen molar-refractivity contribution in [2.24, 2.45) is 5.73 Å². The van der Waals surface area contributed by atoms with Gasteiger partial charge in [0.25, 0.3) is 11.8 Å². The Morgan fingerprint density at radius 2 is 1.52 bits per heavy atom. The summed E-state index contributed by atoms with van der Waals surface area (Å²) in [7, 11) is 0. The van der Waals surface area contributed by atoms with Crippen LogP contribution in [-0.2, 0) is 12.4 Å². The standard InChI is InChI=1S/C20H14F6N2O3/c21-19(22,23)13-9-12(10-14(11-13)20(24,25)26)18(30)28-7-3-4-8-31-16-6-2-1-5-15(16)17(27)29/h1-2,5-6,9-11H,7-8H2,(H2,27,29)(H,28,30). The molecule has 164 valence electrons. The molecule has 2 amide bonds. The fourth-order valence-corrected chi connectivity index (χ4v) is 2.34. The number of carbonyl (C=O) groups is 2. The number of benzene rings is 2. The number of amides is 2. The molecule has 0 heterocycles. The highest BCUT2D eigenvalue weighted by Crippen LogP contribution is 2.36. The number of nitrogens with one attached hydrogen (secondary N) is 1. The van der Waals surface area contributed by atoms with Gasteiger partial charge in [0, 0.05) is 5.56 Å². The Balaban J connectivity index is 2.02. The maximum atomic E-state index is 12.8. The molecule has 0 saturated heterocycles. The Kier molecular flexibility index (Phi) is 7.17. The van der Waals surface area contributed by atoms with Gasteiger partial charge in [-0.15, -0.1) is 0 Å². The zero-order chi connectivity index (χ0) is 23.2. The van der Waals surface area contributed by atoms with Crippen molar-refractivity contribution in [2.45, 2.75) is 12.4 Å². The van der Waals surface area contributed by atoms with Crippen LogP contribution in [0.4, 0.5) is 26.3 Å². The summed E-state index contributed by atoms with van der Waals surface area (Å²) in [5.74, 6) is 3.21. The summed E-state index contributed by atoms with van der Waals surface area (Å²) < 4.78 is 82.3. The molecule has 0 aromatic heterocycles. The molecule has 0 atom stereocenters. The summed E-state index contributed by atoms with van der Waals surface area (Å²) in [6.07, 6.45) is -10.1. The minimum atomic E-state index is -5.06. The number of rotatable bonds is 5. The van der Waals surface area contributed by atoms with Crippen molar-refractivity contribution in [3.63, 3.8) is 0 Å². The minimum absolute atomic E-state index is 0.0716. The third-order valence-corrected chi connectivity index (χ3v) is 3.76. The van der Waals surface area contributed by atoms with E-state index in [9.17, 15) is 35.9 Å². The van der Waals surface area contributed by atoms with Gasteiger partial charge in [-0.25, -0.2) is 0 Å². The minimum Gasteiger partial charge on any atom is -0.480 e. The lowest BCUT2D eigenvalue weighted by molar-refractivity contribution is -0.143. The van der Waals surface area contributed by atoms with Crippen LogP contribution in [0.25, 0.3) is 0 Å². The predicted octanol–water partition coefficient (Wildman–Crippen LogP) is 3.64. The molecule has 3 N–H and O–H groups in total. The lowest BCUT2D eigenvalue weighted by Crippen LogP contribution is -2.25. The summed E-state index contributed by atoms with van der Waals surface area (Å²) in [6.45, 7) is -0.570. The van der Waals surface area contributed by atoms with Crippen LogP contribution in [0.5, 0.6) is 5.75 Å². The molecule has 0 aliphatic carbocycles. The largest absolute Gasteiger partial charge is 0.480 e. The van der Waals surface area contributed by atoms with Crippen LogP contribution in [0.15, 0.2) is 42.5 Å². The van der Waals surface area contributed by atoms with Crippen molar-refractivity contribution < 1.29 is 40.7 Å². The number of carbonyl (C=O) groups excluding carboxylic acids is 2. The fourth-order valence-electron chi connectivity index (χ4n) is 2.34. The average molecular weight is 444 g/mol. The first-order valence-electron chi connectivity index (χ1n) is 8.44. The van der Waals surface area contributed by atoms with Crippen LogP contribution < -0.4 is 15.8 Å². The second-order valence-corrected chi connectivity index (χ2v) is 5.98. The molecule has 0 bridgehead atoms. The monoisotopic (exact) mass is 444 g/mol. The van der Waals surface area contributed by atoms with E-state index >= 15 is 0 Å². The fraction of sp³-hybridized carbons (Fsp3) is 0.200. The van der Waals surface area contributed by atoms with Crippen LogP contribution in [0, 0.1) is 11.8 Å². The van der Waals surface area contributed by atoms with E-state index in [1.54, 1.807) is 12.1 Å². The molecule has 0 unspecified atom stereocenters. The summed E-state index contributed by atoms with van der Waals surface area (Å²) in [5.41, 5.74) is 1.31. The number of hydrogen-bond acceptors (Lipinski definition) is 3. The molecule has 0 aliphatic heterocycles. The molecule has 0 spiro atoms. The smallest absolute Gasteiger partial charge is 0.416 e. The first kappa shape index (κ1) is 23.6. The summed E-state index contributed by atoms with van der Waals surface area (Å²) in [5, 5.41) is 2.11. The molecule has 2 aromatic carbocycles. The molecule has 31 heavy (non-hydrogen) atoms. The number of para-hydroxylation sites is 1. The maximum absolute atomic E-state index is 12.8. The van der Waals surface area contributed by atoms with Crippen molar-refractivity contribution in [1.82, 2.24) is 5.32 Å². The van der Waals surface area contributed by atoms with Gasteiger partial charge in [0.15, 0.2) is 0 Å². The predicted molar refractivity (Wildman–Crippen MR) is 97.0 cm³/mol. The van der Waals surface area contributed by atoms with Crippen LogP contribution in [-0.4, -0.2) is 25.0 Å². The Labute approximate surface area is 172 Å². The Morgan fingerprint density at radius 3 is 2.06 bits per heavy atom. The van der Waals surface area contributed by atoms with Gasteiger partial charge in [-0.3, -0.25) is 9.59 Å². The van der Waals surface area contributed by atoms with Gasteiger partial charge >= 0.3 is 12.4 Å². The molecule has 2 rings (SSSR count). The number of ether oxygens (including phenoxy) is 1. The van der Waals surface area contributed by atoms with Gasteiger partial charge in [-0.1, -0.05) is 24.0 Å². The molecule has 2 aromatic rings. The van der Waals surface area contributed by atoms with Gasteiger partial charge in [0.05, 0.1) is 23.2 Å². The number of hydrogen-bond donors (Lipinski definition) is 2. The van der Waals surface area contributed by atoms with E-state index in [1.165, 1.54) is 12.1 Å². The van der Waals surface area contributed by atoms with Gasteiger partial charge < -0.3 is 15.8 Å². The van der Waals surface area contributed by atoms with E-state index in [0.717, 1.165) is 0 Å². The Bertz CT molecular complexity index is 1000. The van der Waals surface area contributed by atoms with Crippen LogP contribution >= 0.6 is 0 Å². The molecule has 5 nitrogen and oxygen atoms in total. The summed E-state index contributed by atoms with van der Waals surface area (Å²) in [6, 6.07) is 6.67. The molecule has 0 radical (unpaired) electrons. The highest BCUT2D eigenvalue weighted by Gasteiger charge is 2.37. The molecule has 0 saturated carbocycles. The normalized spacial score (nSPS) is 11.3. The second-order valence-electron chi connectivity index (χ2n) is 5.98. The lowest BCUT2D eigenvalue weighted by atomic mass is 10.0. The van der Waals surface area contributed by atoms with Crippen LogP contribution in [0.2, 0.25) is 0 Å². The number of nitrogens with two attached hydrogens (primary N) is 1. The molecular formula is C20H14F6N2O3. The van der Waals surface area contributed by atoms with E-state index in [1.807, 2.05) is 0 Å². The summed E-state index contributed by atoms with van der Waals surface area (Å²) in [4.78, 5) is 23.2. The lowest BCUT2D eigenvalue weighted by Gasteiger charge is -2.13. The highest BCUT2D eigenvalue weighted by atomic mass is 19.4. The quantitative estimate of drug-likeness (QED) is 0.546. The van der Waals surface area contributed by atoms with Crippen molar-refractivity contribution in [3.8, 4) is 17.6 Å². The van der Waals surface area contributed by atoms with Gasteiger partial charge in [0.2, 0.25) is 0 Å². The van der Waals surface area contributed by atoms with Crippen molar-refractivity contribution in [2.75, 3.05) is 13.2 Å². The molecule has 0 fully saturated rings. The zero-order valence-corrected chi connectivity index (χ0v) is 15.5. The van der Waals surface area contributed by atoms with E-state index < -0.39 is 40.9 Å². The highest BCUT2D eigenvalue weighted by molar-refractivity contribution is 5.95. The van der Waals surface area contributed by atoms with E-state index in [0.29, 0.717) is 12.1 Å². The zero-order valence-electron chi connectivity index (χ0n) is 15.5. The third kappa shape index (κ3) is 6.67. The van der Waals surface area contributed by atoms with E-state index in [4.69, 9.17) is 10.5 Å². The first-order chi connectivity index (χ1) is 14.4. The molecule has 11 heteroatoms. The van der Waals surface area contributed by atoms with E-state index in [2.05, 4.69) is 17.2 Å². The first-order valence-corrected chi connectivity index (χ1v) is 8.44. The van der Waals surface area contributed by atoms with Crippen molar-refractivity contribution in [1.29, 1.82) is 0 Å². The summed E-state index contributed by atoms with van der Waals surface area (Å²) >= 11 is 0. The number of halogens is 6.